The summed E-state index contributed by atoms with van der Waals surface area (Å²) in [5.74, 6) is 1.02. The molecular weight excluding hydrogens is 127 g/mol. The zero-order chi connectivity index (χ0) is 7.35. The molecule has 0 aromatic carbocycles. The van der Waals surface area contributed by atoms with Gasteiger partial charge in [0.05, 0.1) is 0 Å². The number of hydrogen-bond donors (Lipinski definition) is 0. The van der Waals surface area contributed by atoms with Gasteiger partial charge in [0.1, 0.15) is 0 Å². The molecule has 0 aliphatic heterocycles. The first-order chi connectivity index (χ1) is 4.62. The van der Waals surface area contributed by atoms with Gasteiger partial charge in [0, 0.05) is 18.9 Å². The van der Waals surface area contributed by atoms with Gasteiger partial charge in [0.25, 0.3) is 0 Å². The molecule has 1 heteroatoms. The monoisotopic (exact) mass is 143 g/mol. The molecule has 0 spiro atoms. The van der Waals surface area contributed by atoms with E-state index in [1.165, 1.54) is 19.3 Å². The summed E-state index contributed by atoms with van der Waals surface area (Å²) in [6.45, 7) is 7.12. The zero-order valence-corrected chi connectivity index (χ0v) is 8.20. The molecule has 0 heterocycles. The topological polar surface area (TPSA) is 0 Å². The molecule has 0 aromatic heterocycles. The molecule has 1 radical (unpaired) electrons. The molecule has 1 unspecified atom stereocenters. The molecule has 0 aromatic rings. The fourth-order valence-electron chi connectivity index (χ4n) is 2.61. The van der Waals surface area contributed by atoms with Crippen LogP contribution in [0.5, 0.6) is 0 Å². The van der Waals surface area contributed by atoms with Gasteiger partial charge in [-0.15, -0.1) is 0 Å². The molecule has 11 heavy (non-hydrogen) atoms. The van der Waals surface area contributed by atoms with E-state index >= 15 is 0 Å². The molecule has 3 aliphatic carbocycles. The first-order valence-electron chi connectivity index (χ1n) is 4.31. The van der Waals surface area contributed by atoms with Gasteiger partial charge in [-0.3, -0.25) is 0 Å². The van der Waals surface area contributed by atoms with E-state index in [-0.39, 0.29) is 18.9 Å². The van der Waals surface area contributed by atoms with Crippen LogP contribution in [0.1, 0.15) is 40.0 Å². The van der Waals surface area contributed by atoms with Crippen LogP contribution < -0.4 is 0 Å². The van der Waals surface area contributed by atoms with Gasteiger partial charge in [-0.2, -0.15) is 0 Å². The quantitative estimate of drug-likeness (QED) is 0.361. The Bertz CT molecular complexity index is 201. The van der Waals surface area contributed by atoms with Gasteiger partial charge in [-0.05, 0) is 37.5 Å². The van der Waals surface area contributed by atoms with Gasteiger partial charge in [0.2, 0.25) is 0 Å². The summed E-state index contributed by atoms with van der Waals surface area (Å²) in [6, 6.07) is 0. The first kappa shape index (κ1) is 9.43. The van der Waals surface area contributed by atoms with E-state index in [0.29, 0.717) is 5.41 Å². The second-order valence-corrected chi connectivity index (χ2v) is 4.42. The molecule has 3 rings (SSSR count). The van der Waals surface area contributed by atoms with E-state index in [0.717, 1.165) is 5.92 Å². The fraction of sp³-hybridized carbons (Fsp3) is 0.800. The van der Waals surface area contributed by atoms with Crippen LogP contribution in [-0.4, -0.2) is 18.9 Å². The van der Waals surface area contributed by atoms with Crippen LogP contribution >= 0.6 is 0 Å². The standard InChI is InChI=1S/C10H16.Li/c1-7-4-5-8-6-9(7)10(8,2)3;/h8H,4-6H2,1-3H3;. The minimum Gasteiger partial charge on any atom is -0.0735 e. The van der Waals surface area contributed by atoms with Crippen LogP contribution in [0.2, 0.25) is 0 Å². The minimum atomic E-state index is 0. The molecule has 0 amide bonds. The van der Waals surface area contributed by atoms with E-state index in [4.69, 9.17) is 0 Å². The van der Waals surface area contributed by atoms with Crippen LogP contribution in [0.4, 0.5) is 0 Å². The van der Waals surface area contributed by atoms with Crippen molar-refractivity contribution in [1.29, 1.82) is 0 Å². The second kappa shape index (κ2) is 2.68. The maximum absolute atomic E-state index is 2.40. The number of allylic oxidation sites excluding steroid dienone is 2. The molecule has 57 valence electrons. The summed E-state index contributed by atoms with van der Waals surface area (Å²) in [5.41, 5.74) is 4.04. The molecule has 0 N–H and O–H groups in total. The summed E-state index contributed by atoms with van der Waals surface area (Å²) in [5, 5.41) is 0. The van der Waals surface area contributed by atoms with Crippen molar-refractivity contribution in [1.82, 2.24) is 0 Å². The van der Waals surface area contributed by atoms with Crippen molar-refractivity contribution in [2.45, 2.75) is 40.0 Å². The van der Waals surface area contributed by atoms with Crippen molar-refractivity contribution in [3.05, 3.63) is 11.1 Å². The third-order valence-electron chi connectivity index (χ3n) is 3.63. The largest absolute Gasteiger partial charge is 0.0735 e. The number of hydrogen-bond acceptors (Lipinski definition) is 0. The van der Waals surface area contributed by atoms with Crippen LogP contribution in [0, 0.1) is 11.3 Å². The van der Waals surface area contributed by atoms with Gasteiger partial charge >= 0.3 is 0 Å². The van der Waals surface area contributed by atoms with Gasteiger partial charge in [0.15, 0.2) is 0 Å². The van der Waals surface area contributed by atoms with Gasteiger partial charge in [-0.25, -0.2) is 0 Å². The third kappa shape index (κ3) is 1.12. The Balaban J connectivity index is 0.000000605. The Morgan fingerprint density at radius 2 is 2.00 bits per heavy atom. The summed E-state index contributed by atoms with van der Waals surface area (Å²) in [6.07, 6.45) is 4.24. The van der Waals surface area contributed by atoms with E-state index in [1.807, 2.05) is 0 Å². The summed E-state index contributed by atoms with van der Waals surface area (Å²) in [4.78, 5) is 0. The van der Waals surface area contributed by atoms with Crippen LogP contribution in [0.3, 0.4) is 0 Å². The number of rotatable bonds is 0. The van der Waals surface area contributed by atoms with Crippen molar-refractivity contribution in [2.75, 3.05) is 0 Å². The van der Waals surface area contributed by atoms with E-state index < -0.39 is 0 Å². The van der Waals surface area contributed by atoms with Crippen LogP contribution in [0.25, 0.3) is 0 Å². The summed E-state index contributed by atoms with van der Waals surface area (Å²) >= 11 is 0. The molecular formula is C10H16Li. The Labute approximate surface area is 81.6 Å². The Morgan fingerprint density at radius 1 is 1.36 bits per heavy atom. The number of fused-ring (bicyclic) bond motifs is 2. The normalized spacial score (nSPS) is 32.5. The maximum atomic E-state index is 2.40. The van der Waals surface area contributed by atoms with E-state index in [1.54, 1.807) is 11.1 Å². The Kier molecular flexibility index (Phi) is 2.30. The fourth-order valence-corrected chi connectivity index (χ4v) is 2.61. The second-order valence-electron chi connectivity index (χ2n) is 4.42. The smallest absolute Gasteiger partial charge is 0 e. The van der Waals surface area contributed by atoms with Crippen molar-refractivity contribution in [2.24, 2.45) is 11.3 Å². The first-order valence-corrected chi connectivity index (χ1v) is 4.31. The van der Waals surface area contributed by atoms with Crippen molar-refractivity contribution in [3.8, 4) is 0 Å². The summed E-state index contributed by atoms with van der Waals surface area (Å²) < 4.78 is 0. The van der Waals surface area contributed by atoms with Crippen LogP contribution in [0.15, 0.2) is 11.1 Å². The molecule has 1 fully saturated rings. The predicted molar refractivity (Wildman–Crippen MR) is 49.6 cm³/mol. The van der Waals surface area contributed by atoms with Crippen molar-refractivity contribution in [3.63, 3.8) is 0 Å². The van der Waals surface area contributed by atoms with Crippen molar-refractivity contribution >= 4 is 18.9 Å². The van der Waals surface area contributed by atoms with E-state index in [2.05, 4.69) is 20.8 Å². The molecule has 1 saturated carbocycles. The molecule has 2 bridgehead atoms. The van der Waals surface area contributed by atoms with E-state index in [9.17, 15) is 0 Å². The zero-order valence-electron chi connectivity index (χ0n) is 8.20. The predicted octanol–water partition coefficient (Wildman–Crippen LogP) is 2.76. The van der Waals surface area contributed by atoms with Gasteiger partial charge in [-0.1, -0.05) is 25.0 Å². The third-order valence-corrected chi connectivity index (χ3v) is 3.63. The van der Waals surface area contributed by atoms with Crippen molar-refractivity contribution < 1.29 is 0 Å². The Hall–Kier alpha value is 0.337. The average molecular weight is 143 g/mol. The molecule has 3 aliphatic rings. The minimum absolute atomic E-state index is 0. The molecule has 1 atom stereocenters. The Morgan fingerprint density at radius 3 is 2.27 bits per heavy atom. The average Bonchev–Trinajstić information content (AvgIpc) is 1.87. The molecule has 0 nitrogen and oxygen atoms in total. The maximum Gasteiger partial charge on any atom is 0 e. The SMILES string of the molecule is CC1=C2CC(CC1)C2(C)C.[Li]. The van der Waals surface area contributed by atoms with Crippen LogP contribution in [-0.2, 0) is 0 Å². The van der Waals surface area contributed by atoms with Gasteiger partial charge < -0.3 is 0 Å². The molecule has 0 saturated heterocycles. The summed E-state index contributed by atoms with van der Waals surface area (Å²) in [7, 11) is 0.